The standard InChI is InChI=1S/C10H14ClN3O/c1-2-6-14(7-4-11)10(15)9-3-5-12-13-8-9/h3,5,8H,2,4,6-7H2,1H3. The second kappa shape index (κ2) is 6.35. The summed E-state index contributed by atoms with van der Waals surface area (Å²) in [7, 11) is 0. The van der Waals surface area contributed by atoms with Gasteiger partial charge in [0.05, 0.1) is 18.0 Å². The number of alkyl halides is 1. The lowest BCUT2D eigenvalue weighted by molar-refractivity contribution is 0.0765. The largest absolute Gasteiger partial charge is 0.337 e. The van der Waals surface area contributed by atoms with E-state index in [1.807, 2.05) is 6.92 Å². The molecule has 0 aliphatic carbocycles. The van der Waals surface area contributed by atoms with Crippen molar-refractivity contribution in [1.29, 1.82) is 0 Å². The maximum Gasteiger partial charge on any atom is 0.255 e. The molecule has 0 aliphatic rings. The molecule has 4 nitrogen and oxygen atoms in total. The fourth-order valence-electron chi connectivity index (χ4n) is 1.29. The van der Waals surface area contributed by atoms with Crippen LogP contribution in [0.5, 0.6) is 0 Å². The molecule has 1 aromatic rings. The molecule has 0 aliphatic heterocycles. The molecule has 0 bridgehead atoms. The number of hydrogen-bond acceptors (Lipinski definition) is 3. The average molecular weight is 228 g/mol. The number of rotatable bonds is 5. The SMILES string of the molecule is CCCN(CCCl)C(=O)c1ccnnc1. The molecule has 0 atom stereocenters. The quantitative estimate of drug-likeness (QED) is 0.718. The molecule has 0 spiro atoms. The maximum atomic E-state index is 11.9. The van der Waals surface area contributed by atoms with Crippen LogP contribution in [-0.4, -0.2) is 40.0 Å². The van der Waals surface area contributed by atoms with Crippen LogP contribution < -0.4 is 0 Å². The van der Waals surface area contributed by atoms with Crippen molar-refractivity contribution in [2.24, 2.45) is 0 Å². The first-order valence-electron chi connectivity index (χ1n) is 4.91. The van der Waals surface area contributed by atoms with E-state index in [1.165, 1.54) is 12.4 Å². The van der Waals surface area contributed by atoms with Gasteiger partial charge >= 0.3 is 0 Å². The van der Waals surface area contributed by atoms with Gasteiger partial charge in [-0.25, -0.2) is 0 Å². The van der Waals surface area contributed by atoms with Crippen molar-refractivity contribution >= 4 is 17.5 Å². The molecule has 0 N–H and O–H groups in total. The fourth-order valence-corrected chi connectivity index (χ4v) is 1.49. The second-order valence-corrected chi connectivity index (χ2v) is 3.49. The highest BCUT2D eigenvalue weighted by Crippen LogP contribution is 2.03. The second-order valence-electron chi connectivity index (χ2n) is 3.11. The summed E-state index contributed by atoms with van der Waals surface area (Å²) < 4.78 is 0. The first kappa shape index (κ1) is 11.9. The Morgan fingerprint density at radius 2 is 2.27 bits per heavy atom. The van der Waals surface area contributed by atoms with Gasteiger partial charge in [0.1, 0.15) is 0 Å². The van der Waals surface area contributed by atoms with Crippen LogP contribution >= 0.6 is 11.6 Å². The van der Waals surface area contributed by atoms with Gasteiger partial charge in [0.2, 0.25) is 0 Å². The van der Waals surface area contributed by atoms with Gasteiger partial charge in [-0.2, -0.15) is 10.2 Å². The summed E-state index contributed by atoms with van der Waals surface area (Å²) in [5.74, 6) is 0.414. The zero-order valence-electron chi connectivity index (χ0n) is 8.69. The Morgan fingerprint density at radius 1 is 1.47 bits per heavy atom. The molecule has 0 fully saturated rings. The Bertz CT molecular complexity index is 299. The molecular weight excluding hydrogens is 214 g/mol. The molecule has 0 radical (unpaired) electrons. The Balaban J connectivity index is 2.71. The molecular formula is C10H14ClN3O. The molecule has 15 heavy (non-hydrogen) atoms. The van der Waals surface area contributed by atoms with Gasteiger partial charge < -0.3 is 4.90 Å². The van der Waals surface area contributed by atoms with E-state index in [2.05, 4.69) is 10.2 Å². The monoisotopic (exact) mass is 227 g/mol. The summed E-state index contributed by atoms with van der Waals surface area (Å²) in [5.41, 5.74) is 0.559. The molecule has 1 aromatic heterocycles. The number of aromatic nitrogens is 2. The van der Waals surface area contributed by atoms with Crippen molar-refractivity contribution in [3.63, 3.8) is 0 Å². The number of hydrogen-bond donors (Lipinski definition) is 0. The molecule has 82 valence electrons. The Kier molecular flexibility index (Phi) is 5.04. The molecule has 5 heteroatoms. The van der Waals surface area contributed by atoms with Crippen LogP contribution in [0.15, 0.2) is 18.5 Å². The number of carbonyl (C=O) groups excluding carboxylic acids is 1. The minimum atomic E-state index is -0.0348. The highest BCUT2D eigenvalue weighted by Gasteiger charge is 2.14. The Hall–Kier alpha value is -1.16. The number of halogens is 1. The zero-order chi connectivity index (χ0) is 11.1. The fraction of sp³-hybridized carbons (Fsp3) is 0.500. The highest BCUT2D eigenvalue weighted by molar-refractivity contribution is 6.18. The molecule has 1 heterocycles. The van der Waals surface area contributed by atoms with Crippen molar-refractivity contribution in [2.45, 2.75) is 13.3 Å². The highest BCUT2D eigenvalue weighted by atomic mass is 35.5. The van der Waals surface area contributed by atoms with Crippen LogP contribution in [0.4, 0.5) is 0 Å². The van der Waals surface area contributed by atoms with Crippen molar-refractivity contribution in [1.82, 2.24) is 15.1 Å². The first-order valence-corrected chi connectivity index (χ1v) is 5.45. The predicted molar refractivity (Wildman–Crippen MR) is 58.9 cm³/mol. The maximum absolute atomic E-state index is 11.9. The van der Waals surface area contributed by atoms with Gasteiger partial charge in [0.25, 0.3) is 5.91 Å². The Morgan fingerprint density at radius 3 is 2.80 bits per heavy atom. The van der Waals surface area contributed by atoms with E-state index >= 15 is 0 Å². The van der Waals surface area contributed by atoms with Crippen LogP contribution in [-0.2, 0) is 0 Å². The number of amides is 1. The topological polar surface area (TPSA) is 46.1 Å². The normalized spacial score (nSPS) is 10.0. The van der Waals surface area contributed by atoms with E-state index in [-0.39, 0.29) is 5.91 Å². The van der Waals surface area contributed by atoms with Gasteiger partial charge in [-0.15, -0.1) is 11.6 Å². The van der Waals surface area contributed by atoms with Gasteiger partial charge in [-0.1, -0.05) is 6.92 Å². The summed E-state index contributed by atoms with van der Waals surface area (Å²) >= 11 is 5.64. The smallest absolute Gasteiger partial charge is 0.255 e. The lowest BCUT2D eigenvalue weighted by Crippen LogP contribution is -2.33. The van der Waals surface area contributed by atoms with Crippen LogP contribution in [0.25, 0.3) is 0 Å². The molecule has 1 rings (SSSR count). The summed E-state index contributed by atoms with van der Waals surface area (Å²) in [4.78, 5) is 13.7. The predicted octanol–water partition coefficient (Wildman–Crippen LogP) is 1.57. The van der Waals surface area contributed by atoms with E-state index in [0.29, 0.717) is 24.5 Å². The van der Waals surface area contributed by atoms with Crippen LogP contribution in [0.1, 0.15) is 23.7 Å². The van der Waals surface area contributed by atoms with E-state index in [0.717, 1.165) is 6.42 Å². The van der Waals surface area contributed by atoms with Crippen molar-refractivity contribution in [2.75, 3.05) is 19.0 Å². The van der Waals surface area contributed by atoms with E-state index < -0.39 is 0 Å². The van der Waals surface area contributed by atoms with Crippen molar-refractivity contribution in [3.8, 4) is 0 Å². The molecule has 0 unspecified atom stereocenters. The number of carbonyl (C=O) groups is 1. The zero-order valence-corrected chi connectivity index (χ0v) is 9.44. The van der Waals surface area contributed by atoms with E-state index in [1.54, 1.807) is 11.0 Å². The molecule has 1 amide bonds. The summed E-state index contributed by atoms with van der Waals surface area (Å²) in [6, 6.07) is 1.66. The van der Waals surface area contributed by atoms with Gasteiger partial charge in [-0.3, -0.25) is 4.79 Å². The molecule has 0 aromatic carbocycles. The van der Waals surface area contributed by atoms with Crippen LogP contribution in [0.3, 0.4) is 0 Å². The Labute approximate surface area is 94.3 Å². The van der Waals surface area contributed by atoms with E-state index in [4.69, 9.17) is 11.6 Å². The summed E-state index contributed by atoms with van der Waals surface area (Å²) in [6.45, 7) is 3.31. The lowest BCUT2D eigenvalue weighted by Gasteiger charge is -2.20. The van der Waals surface area contributed by atoms with Gasteiger partial charge in [0.15, 0.2) is 0 Å². The van der Waals surface area contributed by atoms with Gasteiger partial charge in [0, 0.05) is 19.0 Å². The lowest BCUT2D eigenvalue weighted by atomic mass is 10.2. The number of nitrogens with zero attached hydrogens (tertiary/aromatic N) is 3. The summed E-state index contributed by atoms with van der Waals surface area (Å²) in [6.07, 6.45) is 3.90. The summed E-state index contributed by atoms with van der Waals surface area (Å²) in [5, 5.41) is 7.31. The third kappa shape index (κ3) is 3.47. The van der Waals surface area contributed by atoms with Gasteiger partial charge in [-0.05, 0) is 12.5 Å². The third-order valence-corrected chi connectivity index (χ3v) is 2.14. The first-order chi connectivity index (χ1) is 7.29. The van der Waals surface area contributed by atoms with Crippen LogP contribution in [0.2, 0.25) is 0 Å². The van der Waals surface area contributed by atoms with Crippen molar-refractivity contribution in [3.05, 3.63) is 24.0 Å². The van der Waals surface area contributed by atoms with E-state index in [9.17, 15) is 4.79 Å². The molecule has 0 saturated carbocycles. The minimum absolute atomic E-state index is 0.0348. The molecule has 0 saturated heterocycles. The third-order valence-electron chi connectivity index (χ3n) is 1.97. The van der Waals surface area contributed by atoms with Crippen molar-refractivity contribution < 1.29 is 4.79 Å². The van der Waals surface area contributed by atoms with Crippen LogP contribution in [0, 0.1) is 0 Å². The average Bonchev–Trinajstić information content (AvgIpc) is 2.29. The minimum Gasteiger partial charge on any atom is -0.337 e.